The molecule has 4 aromatic rings. The molecule has 0 aliphatic rings. The fourth-order valence-electron chi connectivity index (χ4n) is 5.74. The quantitative estimate of drug-likeness (QED) is 0.129. The van der Waals surface area contributed by atoms with E-state index in [2.05, 4.69) is 132 Å². The Hall–Kier alpha value is -1.80. The fourth-order valence-corrected chi connectivity index (χ4v) is 26.4. The molecule has 0 bridgehead atoms. The van der Waals surface area contributed by atoms with Crippen molar-refractivity contribution < 1.29 is 25.3 Å². The van der Waals surface area contributed by atoms with Gasteiger partial charge in [0, 0.05) is 41.7 Å². The summed E-state index contributed by atoms with van der Waals surface area (Å²) in [5, 5.41) is 2.26. The maximum Gasteiger partial charge on any atom is 0.541 e. The molecular weight excluding hydrogens is 663 g/mol. The van der Waals surface area contributed by atoms with Crippen LogP contribution in [0.2, 0.25) is 91.7 Å². The van der Waals surface area contributed by atoms with Crippen molar-refractivity contribution in [2.45, 2.75) is 91.7 Å². The van der Waals surface area contributed by atoms with Crippen molar-refractivity contribution in [1.29, 1.82) is 0 Å². The number of aromatic nitrogens is 1. The highest BCUT2D eigenvalue weighted by Gasteiger charge is 2.46. The van der Waals surface area contributed by atoms with Gasteiger partial charge in [0.05, 0.1) is 11.0 Å². The van der Waals surface area contributed by atoms with Crippen LogP contribution in [-0.4, -0.2) is 55.4 Å². The second-order valence-corrected chi connectivity index (χ2v) is 39.8. The van der Waals surface area contributed by atoms with E-state index in [4.69, 9.17) is 25.3 Å². The summed E-state index contributed by atoms with van der Waals surface area (Å²) in [5.41, 5.74) is 3.14. The SMILES string of the molecule is C[Si](C)(C)O[Si](C)(Oc1ccc2c3ccc(O[Si](C)(O[Si](C)(C)C)O[Si](C)(C)C)cc3n(-c3ccccc3)c2c1)O[Si](C)(C)C. The third-order valence-electron chi connectivity index (χ3n) is 6.30. The van der Waals surface area contributed by atoms with E-state index in [1.807, 2.05) is 31.3 Å². The largest absolute Gasteiger partial charge is 0.541 e. The van der Waals surface area contributed by atoms with Crippen molar-refractivity contribution in [3.8, 4) is 17.2 Å². The van der Waals surface area contributed by atoms with Gasteiger partial charge in [-0.1, -0.05) is 18.2 Å². The molecule has 1 heterocycles. The Morgan fingerprint density at radius 3 is 1.07 bits per heavy atom. The number of hydrogen-bond donors (Lipinski definition) is 0. The molecule has 7 nitrogen and oxygen atoms in total. The van der Waals surface area contributed by atoms with Crippen molar-refractivity contribution in [3.05, 3.63) is 66.7 Å². The molecule has 0 radical (unpaired) electrons. The smallest absolute Gasteiger partial charge is 0.502 e. The molecule has 246 valence electrons. The fraction of sp³-hybridized carbons (Fsp3) is 0.438. The van der Waals surface area contributed by atoms with Crippen LogP contribution in [0.5, 0.6) is 11.5 Å². The Morgan fingerprint density at radius 1 is 0.422 bits per heavy atom. The average Bonchev–Trinajstić information content (AvgIpc) is 3.11. The summed E-state index contributed by atoms with van der Waals surface area (Å²) in [6, 6.07) is 23.0. The van der Waals surface area contributed by atoms with Crippen LogP contribution < -0.4 is 8.85 Å². The van der Waals surface area contributed by atoms with Crippen molar-refractivity contribution >= 4 is 72.7 Å². The molecule has 0 saturated carbocycles. The first-order chi connectivity index (χ1) is 20.4. The molecule has 0 N–H and O–H groups in total. The summed E-state index contributed by atoms with van der Waals surface area (Å²) in [6.45, 7) is 30.3. The average molecular weight is 716 g/mol. The normalized spacial score (nSPS) is 13.9. The summed E-state index contributed by atoms with van der Waals surface area (Å²) in [4.78, 5) is 0. The zero-order valence-electron chi connectivity index (χ0n) is 29.7. The number of benzene rings is 3. The lowest BCUT2D eigenvalue weighted by Gasteiger charge is -2.37. The molecule has 0 saturated heterocycles. The first kappa shape index (κ1) is 36.0. The molecular formula is C32H53NO6Si6. The van der Waals surface area contributed by atoms with E-state index >= 15 is 0 Å². The van der Waals surface area contributed by atoms with Crippen LogP contribution in [0.25, 0.3) is 27.5 Å². The molecule has 0 unspecified atom stereocenters. The van der Waals surface area contributed by atoms with Crippen molar-refractivity contribution in [1.82, 2.24) is 4.57 Å². The molecule has 13 heteroatoms. The van der Waals surface area contributed by atoms with Gasteiger partial charge in [0.15, 0.2) is 33.3 Å². The highest BCUT2D eigenvalue weighted by atomic mass is 28.5. The van der Waals surface area contributed by atoms with Crippen LogP contribution in [-0.2, 0) is 16.5 Å². The van der Waals surface area contributed by atoms with Crippen LogP contribution in [0.3, 0.4) is 0 Å². The number of rotatable bonds is 13. The molecule has 0 spiro atoms. The minimum absolute atomic E-state index is 0.747. The molecule has 1 aromatic heterocycles. The van der Waals surface area contributed by atoms with Gasteiger partial charge in [0.1, 0.15) is 11.5 Å². The van der Waals surface area contributed by atoms with E-state index < -0.39 is 50.9 Å². The lowest BCUT2D eigenvalue weighted by atomic mass is 10.1. The lowest BCUT2D eigenvalue weighted by molar-refractivity contribution is 0.264. The van der Waals surface area contributed by atoms with Crippen LogP contribution in [0, 0.1) is 0 Å². The van der Waals surface area contributed by atoms with Gasteiger partial charge in [-0.2, -0.15) is 0 Å². The summed E-state index contributed by atoms with van der Waals surface area (Å²) >= 11 is 0. The maximum absolute atomic E-state index is 6.74. The van der Waals surface area contributed by atoms with Gasteiger partial charge in [-0.05, 0) is 115 Å². The van der Waals surface area contributed by atoms with E-state index in [-0.39, 0.29) is 0 Å². The summed E-state index contributed by atoms with van der Waals surface area (Å²) in [5.74, 6) is 1.49. The predicted octanol–water partition coefficient (Wildman–Crippen LogP) is 10.1. The molecule has 0 aliphatic heterocycles. The zero-order chi connectivity index (χ0) is 33.6. The van der Waals surface area contributed by atoms with Crippen LogP contribution in [0.15, 0.2) is 66.7 Å². The van der Waals surface area contributed by atoms with Gasteiger partial charge < -0.3 is 29.9 Å². The van der Waals surface area contributed by atoms with Crippen LogP contribution >= 0.6 is 0 Å². The second-order valence-electron chi connectivity index (χ2n) is 15.8. The predicted molar refractivity (Wildman–Crippen MR) is 203 cm³/mol. The van der Waals surface area contributed by atoms with E-state index in [1.54, 1.807) is 0 Å². The van der Waals surface area contributed by atoms with E-state index in [0.29, 0.717) is 0 Å². The van der Waals surface area contributed by atoms with E-state index in [0.717, 1.165) is 39.0 Å². The second kappa shape index (κ2) is 12.7. The van der Waals surface area contributed by atoms with Crippen LogP contribution in [0.4, 0.5) is 0 Å². The molecule has 0 aliphatic carbocycles. The summed E-state index contributed by atoms with van der Waals surface area (Å²) < 4.78 is 42.4. The first-order valence-electron chi connectivity index (χ1n) is 15.8. The molecule has 0 atom stereocenters. The van der Waals surface area contributed by atoms with E-state index in [9.17, 15) is 0 Å². The Bertz CT molecular complexity index is 1500. The van der Waals surface area contributed by atoms with Gasteiger partial charge in [-0.3, -0.25) is 0 Å². The summed E-state index contributed by atoms with van der Waals surface area (Å²) in [7, 11) is -13.7. The van der Waals surface area contributed by atoms with Crippen molar-refractivity contribution in [3.63, 3.8) is 0 Å². The van der Waals surface area contributed by atoms with Crippen LogP contribution in [0.1, 0.15) is 0 Å². The van der Waals surface area contributed by atoms with Gasteiger partial charge >= 0.3 is 17.6 Å². The minimum atomic E-state index is -2.98. The topological polar surface area (TPSA) is 60.3 Å². The van der Waals surface area contributed by atoms with Gasteiger partial charge in [0.2, 0.25) is 0 Å². The lowest BCUT2D eigenvalue weighted by Crippen LogP contribution is -2.56. The van der Waals surface area contributed by atoms with Gasteiger partial charge in [-0.25, -0.2) is 0 Å². The number of fused-ring (bicyclic) bond motifs is 3. The Balaban J connectivity index is 1.86. The molecule has 0 amide bonds. The third-order valence-corrected chi connectivity index (χ3v) is 23.2. The number of nitrogens with zero attached hydrogens (tertiary/aromatic N) is 1. The zero-order valence-corrected chi connectivity index (χ0v) is 35.7. The first-order valence-corrected chi connectivity index (χ1v) is 33.8. The molecule has 3 aromatic carbocycles. The molecule has 0 fully saturated rings. The third kappa shape index (κ3) is 10.1. The van der Waals surface area contributed by atoms with Gasteiger partial charge in [0.25, 0.3) is 0 Å². The molecule has 45 heavy (non-hydrogen) atoms. The highest BCUT2D eigenvalue weighted by molar-refractivity contribution is 6.86. The minimum Gasteiger partial charge on any atom is -0.502 e. The maximum atomic E-state index is 6.74. The Morgan fingerprint density at radius 2 is 0.756 bits per heavy atom. The highest BCUT2D eigenvalue weighted by Crippen LogP contribution is 2.38. The van der Waals surface area contributed by atoms with E-state index in [1.165, 1.54) is 0 Å². The monoisotopic (exact) mass is 715 g/mol. The van der Waals surface area contributed by atoms with Crippen molar-refractivity contribution in [2.75, 3.05) is 0 Å². The van der Waals surface area contributed by atoms with Gasteiger partial charge in [-0.15, -0.1) is 0 Å². The number of hydrogen-bond acceptors (Lipinski definition) is 6. The summed E-state index contributed by atoms with van der Waals surface area (Å²) in [6.07, 6.45) is 0. The Labute approximate surface area is 277 Å². The Kier molecular flexibility index (Phi) is 10.1. The number of para-hydroxylation sites is 1. The molecule has 4 rings (SSSR count). The standard InChI is InChI=1S/C32H53NO6Si6/c1-40(2,3)36-44(13,37-41(4,5)6)34-27-20-22-29-30-23-21-28(35-45(14,38-42(7,8)9)39-43(10,11)12)25-32(30)33(31(29)24-27)26-18-16-15-17-19-26/h15-25H,1-14H3. The van der Waals surface area contributed by atoms with Crippen molar-refractivity contribution in [2.24, 2.45) is 0 Å².